The zero-order valence-electron chi connectivity index (χ0n) is 17.9. The van der Waals surface area contributed by atoms with Crippen molar-refractivity contribution in [3.8, 4) is 0 Å². The molecule has 2 heterocycles. The molecule has 4 nitrogen and oxygen atoms in total. The highest BCUT2D eigenvalue weighted by Crippen LogP contribution is 2.33. The second-order valence-electron chi connectivity index (χ2n) is 7.97. The molecule has 0 aliphatic carbocycles. The molecule has 6 heteroatoms. The third-order valence-electron chi connectivity index (χ3n) is 5.55. The molecule has 0 spiro atoms. The molecule has 1 aromatic heterocycles. The van der Waals surface area contributed by atoms with Gasteiger partial charge in [-0.25, -0.2) is 4.98 Å². The monoisotopic (exact) mass is 439 g/mol. The third-order valence-corrected chi connectivity index (χ3v) is 7.53. The van der Waals surface area contributed by atoms with E-state index in [4.69, 9.17) is 4.98 Å². The van der Waals surface area contributed by atoms with Gasteiger partial charge in [0.2, 0.25) is 5.91 Å². The number of benzene rings is 2. The third kappa shape index (κ3) is 4.65. The van der Waals surface area contributed by atoms with E-state index in [0.717, 1.165) is 48.1 Å². The number of para-hydroxylation sites is 1. The number of rotatable bonds is 6. The Morgan fingerprint density at radius 2 is 1.83 bits per heavy atom. The number of carbonyl (C=O) groups excluding carboxylic acids is 1. The molecule has 3 aromatic rings. The fourth-order valence-corrected chi connectivity index (χ4v) is 5.58. The number of amides is 1. The molecule has 0 atom stereocenters. The van der Waals surface area contributed by atoms with E-state index in [-0.39, 0.29) is 5.91 Å². The smallest absolute Gasteiger partial charge is 0.227 e. The molecule has 158 valence electrons. The van der Waals surface area contributed by atoms with Gasteiger partial charge in [-0.15, -0.1) is 11.8 Å². The summed E-state index contributed by atoms with van der Waals surface area (Å²) in [5.74, 6) is 1.75. The van der Waals surface area contributed by atoms with E-state index in [1.54, 1.807) is 11.3 Å². The number of fused-ring (bicyclic) bond motifs is 1. The highest BCUT2D eigenvalue weighted by Gasteiger charge is 2.23. The Labute approximate surface area is 187 Å². The standard InChI is InChI=1S/C24H29N3OS2/c1-4-29-19-10-8-18(9-11-19)16-22(28)26-12-14-27(15-13-26)24-25-23-20(17(2)3)6-5-7-21(23)30-24/h5-11,17H,4,12-16H2,1-3H3. The SMILES string of the molecule is CCSc1ccc(CC(=O)N2CCN(c3nc4c(C(C)C)cccc4s3)CC2)cc1. The van der Waals surface area contributed by atoms with E-state index in [0.29, 0.717) is 12.3 Å². The van der Waals surface area contributed by atoms with Gasteiger partial charge in [0.25, 0.3) is 0 Å². The molecule has 4 rings (SSSR count). The lowest BCUT2D eigenvalue weighted by atomic mass is 10.0. The van der Waals surface area contributed by atoms with Gasteiger partial charge < -0.3 is 9.80 Å². The number of carbonyl (C=O) groups is 1. The molecule has 0 saturated carbocycles. The Balaban J connectivity index is 1.37. The number of thiazole rings is 1. The first-order chi connectivity index (χ1) is 14.5. The lowest BCUT2D eigenvalue weighted by molar-refractivity contribution is -0.130. The molecular weight excluding hydrogens is 410 g/mol. The summed E-state index contributed by atoms with van der Waals surface area (Å²) in [6, 6.07) is 14.9. The van der Waals surface area contributed by atoms with Crippen LogP contribution in [0.25, 0.3) is 10.2 Å². The normalized spacial score (nSPS) is 14.7. The minimum Gasteiger partial charge on any atom is -0.345 e. The number of anilines is 1. The topological polar surface area (TPSA) is 36.4 Å². The summed E-state index contributed by atoms with van der Waals surface area (Å²) in [5, 5.41) is 1.08. The van der Waals surface area contributed by atoms with E-state index in [1.807, 2.05) is 16.7 Å². The Hall–Kier alpha value is -2.05. The Morgan fingerprint density at radius 1 is 1.10 bits per heavy atom. The van der Waals surface area contributed by atoms with Crippen molar-refractivity contribution in [1.29, 1.82) is 0 Å². The van der Waals surface area contributed by atoms with Crippen LogP contribution in [0.1, 0.15) is 37.8 Å². The largest absolute Gasteiger partial charge is 0.345 e. The number of hydrogen-bond donors (Lipinski definition) is 0. The molecule has 0 N–H and O–H groups in total. The van der Waals surface area contributed by atoms with Crippen molar-refractivity contribution in [2.75, 3.05) is 36.8 Å². The fraction of sp³-hybridized carbons (Fsp3) is 0.417. The van der Waals surface area contributed by atoms with Crippen LogP contribution in [0.5, 0.6) is 0 Å². The maximum Gasteiger partial charge on any atom is 0.227 e. The maximum atomic E-state index is 12.8. The first kappa shape index (κ1) is 21.2. The van der Waals surface area contributed by atoms with Crippen molar-refractivity contribution in [3.63, 3.8) is 0 Å². The van der Waals surface area contributed by atoms with Crippen LogP contribution in [0.15, 0.2) is 47.4 Å². The fourth-order valence-electron chi connectivity index (χ4n) is 3.86. The van der Waals surface area contributed by atoms with Gasteiger partial charge in [0.1, 0.15) is 0 Å². The maximum absolute atomic E-state index is 12.8. The van der Waals surface area contributed by atoms with Gasteiger partial charge in [-0.05, 0) is 41.0 Å². The Morgan fingerprint density at radius 3 is 2.50 bits per heavy atom. The van der Waals surface area contributed by atoms with Crippen LogP contribution in [0, 0.1) is 0 Å². The summed E-state index contributed by atoms with van der Waals surface area (Å²) in [4.78, 5) is 23.3. The van der Waals surface area contributed by atoms with Crippen molar-refractivity contribution < 1.29 is 4.79 Å². The minimum absolute atomic E-state index is 0.219. The molecule has 2 aromatic carbocycles. The van der Waals surface area contributed by atoms with Crippen molar-refractivity contribution in [2.24, 2.45) is 0 Å². The van der Waals surface area contributed by atoms with Gasteiger partial charge >= 0.3 is 0 Å². The van der Waals surface area contributed by atoms with E-state index < -0.39 is 0 Å². The number of thioether (sulfide) groups is 1. The molecule has 1 aliphatic heterocycles. The van der Waals surface area contributed by atoms with E-state index in [2.05, 4.69) is 68.1 Å². The lowest BCUT2D eigenvalue weighted by Gasteiger charge is -2.34. The summed E-state index contributed by atoms with van der Waals surface area (Å²) in [7, 11) is 0. The van der Waals surface area contributed by atoms with Crippen molar-refractivity contribution in [3.05, 3.63) is 53.6 Å². The van der Waals surface area contributed by atoms with Crippen LogP contribution in [0.2, 0.25) is 0 Å². The summed E-state index contributed by atoms with van der Waals surface area (Å²) in [6.45, 7) is 9.79. The number of aromatic nitrogens is 1. The van der Waals surface area contributed by atoms with E-state index in [1.165, 1.54) is 15.2 Å². The van der Waals surface area contributed by atoms with Gasteiger partial charge in [-0.1, -0.05) is 56.4 Å². The first-order valence-electron chi connectivity index (χ1n) is 10.7. The van der Waals surface area contributed by atoms with Crippen LogP contribution in [-0.4, -0.2) is 47.7 Å². The number of piperazine rings is 1. The average Bonchev–Trinajstić information content (AvgIpc) is 3.19. The summed E-state index contributed by atoms with van der Waals surface area (Å²) < 4.78 is 1.25. The summed E-state index contributed by atoms with van der Waals surface area (Å²) >= 11 is 3.59. The van der Waals surface area contributed by atoms with Crippen LogP contribution in [0.3, 0.4) is 0 Å². The van der Waals surface area contributed by atoms with Crippen LogP contribution >= 0.6 is 23.1 Å². The second kappa shape index (κ2) is 9.40. The van der Waals surface area contributed by atoms with Crippen LogP contribution < -0.4 is 4.90 Å². The van der Waals surface area contributed by atoms with E-state index in [9.17, 15) is 4.79 Å². The van der Waals surface area contributed by atoms with Crippen LogP contribution in [-0.2, 0) is 11.2 Å². The highest BCUT2D eigenvalue weighted by molar-refractivity contribution is 7.99. The molecule has 0 radical (unpaired) electrons. The van der Waals surface area contributed by atoms with Crippen LogP contribution in [0.4, 0.5) is 5.13 Å². The molecule has 1 amide bonds. The van der Waals surface area contributed by atoms with Crippen molar-refractivity contribution in [2.45, 2.75) is 38.0 Å². The number of nitrogens with zero attached hydrogens (tertiary/aromatic N) is 3. The van der Waals surface area contributed by atoms with Gasteiger partial charge in [-0.2, -0.15) is 0 Å². The van der Waals surface area contributed by atoms with Gasteiger partial charge in [-0.3, -0.25) is 4.79 Å². The summed E-state index contributed by atoms with van der Waals surface area (Å²) in [6.07, 6.45) is 0.482. The highest BCUT2D eigenvalue weighted by atomic mass is 32.2. The van der Waals surface area contributed by atoms with Gasteiger partial charge in [0.15, 0.2) is 5.13 Å². The summed E-state index contributed by atoms with van der Waals surface area (Å²) in [5.41, 5.74) is 3.54. The molecule has 1 aliphatic rings. The predicted molar refractivity (Wildman–Crippen MR) is 129 cm³/mol. The molecule has 0 bridgehead atoms. The Bertz CT molecular complexity index is 1000. The Kier molecular flexibility index (Phi) is 6.64. The van der Waals surface area contributed by atoms with Gasteiger partial charge in [0.05, 0.1) is 16.6 Å². The van der Waals surface area contributed by atoms with Gasteiger partial charge in [0, 0.05) is 31.1 Å². The molecule has 0 unspecified atom stereocenters. The number of hydrogen-bond acceptors (Lipinski definition) is 5. The minimum atomic E-state index is 0.219. The molecule has 1 fully saturated rings. The molecule has 1 saturated heterocycles. The van der Waals surface area contributed by atoms with Crippen molar-refractivity contribution in [1.82, 2.24) is 9.88 Å². The van der Waals surface area contributed by atoms with E-state index >= 15 is 0 Å². The zero-order chi connectivity index (χ0) is 21.1. The molecular formula is C24H29N3OS2. The average molecular weight is 440 g/mol. The lowest BCUT2D eigenvalue weighted by Crippen LogP contribution is -2.49. The predicted octanol–water partition coefficient (Wildman–Crippen LogP) is 5.42. The van der Waals surface area contributed by atoms with Crippen molar-refractivity contribution >= 4 is 44.4 Å². The molecule has 30 heavy (non-hydrogen) atoms. The second-order valence-corrected chi connectivity index (χ2v) is 10.3. The zero-order valence-corrected chi connectivity index (χ0v) is 19.6. The quantitative estimate of drug-likeness (QED) is 0.480. The first-order valence-corrected chi connectivity index (χ1v) is 12.5.